The zero-order valence-electron chi connectivity index (χ0n) is 19.1. The van der Waals surface area contributed by atoms with Gasteiger partial charge in [0, 0.05) is 11.1 Å². The lowest BCUT2D eigenvalue weighted by Crippen LogP contribution is -2.39. The SMILES string of the molecule is CCOC(=O)C1NN=C(/C(=N/NC(=O)c2ccccc2)c2ccc(C)cc2)C1c1ccccc1. The molecule has 0 saturated carbocycles. The number of carbonyl (C=O) groups is 2. The van der Waals surface area contributed by atoms with Crippen LogP contribution in [0.1, 0.15) is 39.9 Å². The molecule has 0 fully saturated rings. The molecule has 2 unspecified atom stereocenters. The van der Waals surface area contributed by atoms with Crippen molar-refractivity contribution < 1.29 is 14.3 Å². The lowest BCUT2D eigenvalue weighted by Gasteiger charge is -2.20. The maximum atomic E-state index is 12.8. The second-order valence-corrected chi connectivity index (χ2v) is 7.88. The number of hydrogen-bond donors (Lipinski definition) is 2. The third-order valence-corrected chi connectivity index (χ3v) is 5.52. The van der Waals surface area contributed by atoms with Crippen LogP contribution in [0.5, 0.6) is 0 Å². The van der Waals surface area contributed by atoms with E-state index < -0.39 is 17.9 Å². The number of benzene rings is 3. The molecule has 1 heterocycles. The monoisotopic (exact) mass is 454 g/mol. The molecule has 0 aromatic heterocycles. The van der Waals surface area contributed by atoms with Crippen LogP contribution in [-0.4, -0.2) is 35.9 Å². The van der Waals surface area contributed by atoms with E-state index in [1.54, 1.807) is 31.2 Å². The second-order valence-electron chi connectivity index (χ2n) is 7.88. The molecule has 3 aromatic rings. The first-order valence-electron chi connectivity index (χ1n) is 11.1. The van der Waals surface area contributed by atoms with E-state index in [2.05, 4.69) is 21.1 Å². The van der Waals surface area contributed by atoms with Gasteiger partial charge in [0.1, 0.15) is 5.71 Å². The maximum absolute atomic E-state index is 12.8. The number of esters is 1. The second kappa shape index (κ2) is 10.6. The summed E-state index contributed by atoms with van der Waals surface area (Å²) in [4.78, 5) is 25.5. The van der Waals surface area contributed by atoms with Crippen LogP contribution in [0.2, 0.25) is 0 Å². The molecule has 0 bridgehead atoms. The van der Waals surface area contributed by atoms with Crippen molar-refractivity contribution in [2.75, 3.05) is 6.61 Å². The highest BCUT2D eigenvalue weighted by atomic mass is 16.5. The minimum Gasteiger partial charge on any atom is -0.464 e. The van der Waals surface area contributed by atoms with Crippen LogP contribution < -0.4 is 10.9 Å². The van der Waals surface area contributed by atoms with Gasteiger partial charge in [0.05, 0.1) is 18.2 Å². The van der Waals surface area contributed by atoms with E-state index in [4.69, 9.17) is 4.74 Å². The summed E-state index contributed by atoms with van der Waals surface area (Å²) in [7, 11) is 0. The zero-order chi connectivity index (χ0) is 23.9. The molecule has 4 rings (SSSR count). The Hall–Kier alpha value is -4.26. The summed E-state index contributed by atoms with van der Waals surface area (Å²) in [5.74, 6) is -1.18. The van der Waals surface area contributed by atoms with Crippen molar-refractivity contribution in [3.05, 3.63) is 107 Å². The molecular weight excluding hydrogens is 428 g/mol. The molecule has 2 atom stereocenters. The quantitative estimate of drug-likeness (QED) is 0.323. The Kier molecular flexibility index (Phi) is 7.13. The fourth-order valence-electron chi connectivity index (χ4n) is 3.81. The molecule has 0 spiro atoms. The summed E-state index contributed by atoms with van der Waals surface area (Å²) >= 11 is 0. The van der Waals surface area contributed by atoms with Crippen molar-refractivity contribution in [1.29, 1.82) is 0 Å². The van der Waals surface area contributed by atoms with E-state index in [0.717, 1.165) is 16.7 Å². The lowest BCUT2D eigenvalue weighted by atomic mass is 9.84. The number of hydrazone groups is 2. The third kappa shape index (κ3) is 5.04. The Morgan fingerprint density at radius 2 is 1.59 bits per heavy atom. The average molecular weight is 455 g/mol. The predicted octanol–water partition coefficient (Wildman–Crippen LogP) is 3.80. The van der Waals surface area contributed by atoms with Crippen molar-refractivity contribution in [1.82, 2.24) is 10.9 Å². The fourth-order valence-corrected chi connectivity index (χ4v) is 3.81. The first kappa shape index (κ1) is 22.9. The molecule has 1 amide bonds. The van der Waals surface area contributed by atoms with Crippen LogP contribution in [0, 0.1) is 6.92 Å². The van der Waals surface area contributed by atoms with Gasteiger partial charge in [-0.15, -0.1) is 0 Å². The van der Waals surface area contributed by atoms with Crippen molar-refractivity contribution in [2.45, 2.75) is 25.8 Å². The number of carbonyl (C=O) groups excluding carboxylic acids is 2. The summed E-state index contributed by atoms with van der Waals surface area (Å²) in [6.07, 6.45) is 0. The number of ether oxygens (including phenoxy) is 1. The first-order valence-corrected chi connectivity index (χ1v) is 11.1. The standard InChI is InChI=1S/C27H26N4O3/c1-3-34-27(33)25-22(19-10-6-4-7-11-19)24(29-30-25)23(20-16-14-18(2)15-17-20)28-31-26(32)21-12-8-5-9-13-21/h4-17,22,25,30H,3H2,1-2H3,(H,31,32)/b28-23+. The lowest BCUT2D eigenvalue weighted by molar-refractivity contribution is -0.145. The maximum Gasteiger partial charge on any atom is 0.331 e. The minimum atomic E-state index is -0.710. The topological polar surface area (TPSA) is 92.2 Å². The molecule has 0 saturated heterocycles. The third-order valence-electron chi connectivity index (χ3n) is 5.52. The first-order chi connectivity index (χ1) is 16.6. The molecule has 0 radical (unpaired) electrons. The molecule has 2 N–H and O–H groups in total. The number of nitrogens with one attached hydrogen (secondary N) is 2. The molecule has 1 aliphatic heterocycles. The summed E-state index contributed by atoms with van der Waals surface area (Å²) in [5, 5.41) is 9.00. The Balaban J connectivity index is 1.75. The van der Waals surface area contributed by atoms with Crippen LogP contribution in [0.3, 0.4) is 0 Å². The van der Waals surface area contributed by atoms with Crippen molar-refractivity contribution in [3.8, 4) is 0 Å². The summed E-state index contributed by atoms with van der Waals surface area (Å²) in [6, 6.07) is 25.5. The highest BCUT2D eigenvalue weighted by molar-refractivity contribution is 6.50. The number of rotatable bonds is 7. The van der Waals surface area contributed by atoms with E-state index in [1.807, 2.05) is 67.6 Å². The number of aryl methyl sites for hydroxylation is 1. The van der Waals surface area contributed by atoms with E-state index >= 15 is 0 Å². The van der Waals surface area contributed by atoms with Gasteiger partial charge in [-0.2, -0.15) is 10.2 Å². The molecule has 1 aliphatic rings. The van der Waals surface area contributed by atoms with E-state index in [9.17, 15) is 9.59 Å². The van der Waals surface area contributed by atoms with Gasteiger partial charge in [-0.25, -0.2) is 10.2 Å². The van der Waals surface area contributed by atoms with Gasteiger partial charge >= 0.3 is 5.97 Å². The number of nitrogens with zero attached hydrogens (tertiary/aromatic N) is 2. The van der Waals surface area contributed by atoms with Crippen molar-refractivity contribution in [3.63, 3.8) is 0 Å². The molecule has 0 aliphatic carbocycles. The highest BCUT2D eigenvalue weighted by Crippen LogP contribution is 2.29. The Morgan fingerprint density at radius 3 is 2.24 bits per heavy atom. The summed E-state index contributed by atoms with van der Waals surface area (Å²) in [5.41, 5.74) is 9.84. The van der Waals surface area contributed by atoms with Gasteiger partial charge in [-0.05, 0) is 31.5 Å². The normalized spacial score (nSPS) is 17.5. The molecule has 7 nitrogen and oxygen atoms in total. The number of hydrogen-bond acceptors (Lipinski definition) is 6. The van der Waals surface area contributed by atoms with E-state index in [-0.39, 0.29) is 12.5 Å². The van der Waals surface area contributed by atoms with Gasteiger partial charge in [-0.3, -0.25) is 10.2 Å². The Labute approximate surface area is 198 Å². The smallest absolute Gasteiger partial charge is 0.331 e. The molecule has 34 heavy (non-hydrogen) atoms. The van der Waals surface area contributed by atoms with Crippen molar-refractivity contribution in [2.24, 2.45) is 10.2 Å². The van der Waals surface area contributed by atoms with Crippen molar-refractivity contribution >= 4 is 23.3 Å². The fraction of sp³-hybridized carbons (Fsp3) is 0.185. The largest absolute Gasteiger partial charge is 0.464 e. The highest BCUT2D eigenvalue weighted by Gasteiger charge is 2.41. The summed E-state index contributed by atoms with van der Waals surface area (Å²) < 4.78 is 5.30. The van der Waals surface area contributed by atoms with E-state index in [0.29, 0.717) is 17.0 Å². The van der Waals surface area contributed by atoms with Crippen LogP contribution in [0.25, 0.3) is 0 Å². The van der Waals surface area contributed by atoms with Crippen LogP contribution in [0.15, 0.2) is 95.1 Å². The van der Waals surface area contributed by atoms with Gasteiger partial charge < -0.3 is 4.74 Å². The molecular formula is C27H26N4O3. The zero-order valence-corrected chi connectivity index (χ0v) is 19.1. The molecule has 3 aromatic carbocycles. The van der Waals surface area contributed by atoms with Gasteiger partial charge in [-0.1, -0.05) is 78.4 Å². The molecule has 7 heteroatoms. The van der Waals surface area contributed by atoms with Gasteiger partial charge in [0.25, 0.3) is 5.91 Å². The Bertz CT molecular complexity index is 1210. The van der Waals surface area contributed by atoms with Gasteiger partial charge in [0.2, 0.25) is 0 Å². The van der Waals surface area contributed by atoms with Crippen LogP contribution in [-0.2, 0) is 9.53 Å². The van der Waals surface area contributed by atoms with E-state index in [1.165, 1.54) is 0 Å². The van der Waals surface area contributed by atoms with Crippen LogP contribution in [0.4, 0.5) is 0 Å². The summed E-state index contributed by atoms with van der Waals surface area (Å²) in [6.45, 7) is 4.03. The Morgan fingerprint density at radius 1 is 0.941 bits per heavy atom. The van der Waals surface area contributed by atoms with Gasteiger partial charge in [0.15, 0.2) is 6.04 Å². The predicted molar refractivity (Wildman–Crippen MR) is 132 cm³/mol. The van der Waals surface area contributed by atoms with Crippen LogP contribution >= 0.6 is 0 Å². The minimum absolute atomic E-state index is 0.264. The average Bonchev–Trinajstić information content (AvgIpc) is 3.31. The number of amides is 1. The molecule has 172 valence electrons.